The maximum Gasteiger partial charge on any atom is 0.331 e. The van der Waals surface area contributed by atoms with Gasteiger partial charge in [0.1, 0.15) is 35.3 Å². The van der Waals surface area contributed by atoms with Crippen molar-refractivity contribution in [3.63, 3.8) is 0 Å². The van der Waals surface area contributed by atoms with E-state index in [0.29, 0.717) is 12.2 Å². The first-order valence-corrected chi connectivity index (χ1v) is 12.8. The summed E-state index contributed by atoms with van der Waals surface area (Å²) in [6.45, 7) is 5.64. The summed E-state index contributed by atoms with van der Waals surface area (Å²) in [5, 5.41) is 21.2. The number of pyridine rings is 1. The average Bonchev–Trinajstić information content (AvgIpc) is 3.02. The highest BCUT2D eigenvalue weighted by atomic mass is 19.1. The quantitative estimate of drug-likeness (QED) is 0.378. The SMILES string of the molecule is CC.COc1ccnc(C(=O)N[C@H]2COCC(Oc3ccc(F)cc3)CC(C)OC2=O)c1O.Oc1ccc(F)cc1. The minimum Gasteiger partial charge on any atom is -0.508 e. The predicted octanol–water partition coefficient (Wildman–Crippen LogP) is 4.39. The molecular formula is C29H34F2N2O8. The molecule has 4 rings (SSSR count). The van der Waals surface area contributed by atoms with Crippen LogP contribution < -0.4 is 14.8 Å². The topological polar surface area (TPSA) is 136 Å². The van der Waals surface area contributed by atoms with Gasteiger partial charge in [-0.05, 0) is 55.5 Å². The summed E-state index contributed by atoms with van der Waals surface area (Å²) >= 11 is 0. The molecule has 12 heteroatoms. The number of ether oxygens (including phenoxy) is 4. The Balaban J connectivity index is 0.000000500. The molecule has 1 amide bonds. The van der Waals surface area contributed by atoms with Gasteiger partial charge in [0.05, 0.1) is 20.3 Å². The Kier molecular flexibility index (Phi) is 13.3. The van der Waals surface area contributed by atoms with Gasteiger partial charge in [0, 0.05) is 18.7 Å². The number of aromatic nitrogens is 1. The molecule has 1 fully saturated rings. The van der Waals surface area contributed by atoms with Gasteiger partial charge in [0.2, 0.25) is 0 Å². The lowest BCUT2D eigenvalue weighted by Gasteiger charge is -2.21. The first-order valence-electron chi connectivity index (χ1n) is 12.8. The predicted molar refractivity (Wildman–Crippen MR) is 145 cm³/mol. The van der Waals surface area contributed by atoms with Crippen molar-refractivity contribution < 1.29 is 47.5 Å². The van der Waals surface area contributed by atoms with E-state index < -0.39 is 35.9 Å². The molecule has 0 spiro atoms. The van der Waals surface area contributed by atoms with Crippen molar-refractivity contribution in [3.8, 4) is 23.0 Å². The molecule has 2 unspecified atom stereocenters. The zero-order chi connectivity index (χ0) is 30.4. The van der Waals surface area contributed by atoms with E-state index in [2.05, 4.69) is 10.3 Å². The number of hydrogen-bond acceptors (Lipinski definition) is 9. The van der Waals surface area contributed by atoms with E-state index in [1.165, 1.54) is 67.9 Å². The largest absolute Gasteiger partial charge is 0.508 e. The maximum atomic E-state index is 13.1. The monoisotopic (exact) mass is 576 g/mol. The lowest BCUT2D eigenvalue weighted by Crippen LogP contribution is -2.45. The number of nitrogens with zero attached hydrogens (tertiary/aromatic N) is 1. The van der Waals surface area contributed by atoms with Gasteiger partial charge in [-0.1, -0.05) is 13.8 Å². The highest BCUT2D eigenvalue weighted by Gasteiger charge is 2.30. The van der Waals surface area contributed by atoms with Gasteiger partial charge in [-0.3, -0.25) is 4.79 Å². The van der Waals surface area contributed by atoms with Gasteiger partial charge in [0.25, 0.3) is 5.91 Å². The van der Waals surface area contributed by atoms with Crippen LogP contribution in [0.3, 0.4) is 0 Å². The maximum absolute atomic E-state index is 13.1. The first-order chi connectivity index (χ1) is 19.7. The lowest BCUT2D eigenvalue weighted by molar-refractivity contribution is -0.151. The first kappa shape index (κ1) is 32.8. The average molecular weight is 577 g/mol. The fraction of sp³-hybridized carbons (Fsp3) is 0.345. The molecule has 10 nitrogen and oxygen atoms in total. The highest BCUT2D eigenvalue weighted by molar-refractivity contribution is 5.98. The number of carbonyl (C=O) groups excluding carboxylic acids is 2. The molecule has 2 aromatic carbocycles. The Morgan fingerprint density at radius 1 is 1.00 bits per heavy atom. The van der Waals surface area contributed by atoms with Crippen LogP contribution in [0.2, 0.25) is 0 Å². The molecule has 1 aliphatic rings. The van der Waals surface area contributed by atoms with E-state index in [-0.39, 0.29) is 42.0 Å². The van der Waals surface area contributed by atoms with Crippen LogP contribution in [-0.2, 0) is 14.3 Å². The Hall–Kier alpha value is -4.45. The van der Waals surface area contributed by atoms with E-state index >= 15 is 0 Å². The van der Waals surface area contributed by atoms with Crippen LogP contribution in [0.15, 0.2) is 60.8 Å². The Labute approximate surface area is 236 Å². The van der Waals surface area contributed by atoms with Crippen LogP contribution in [-0.4, -0.2) is 65.6 Å². The molecule has 0 saturated carbocycles. The van der Waals surface area contributed by atoms with Crippen molar-refractivity contribution in [2.24, 2.45) is 0 Å². The van der Waals surface area contributed by atoms with Gasteiger partial charge in [-0.2, -0.15) is 0 Å². The van der Waals surface area contributed by atoms with Crippen LogP contribution >= 0.6 is 0 Å². The summed E-state index contributed by atoms with van der Waals surface area (Å²) < 4.78 is 46.8. The van der Waals surface area contributed by atoms with Crippen molar-refractivity contribution in [1.29, 1.82) is 0 Å². The molecule has 1 saturated heterocycles. The molecule has 0 bridgehead atoms. The molecule has 2 heterocycles. The molecule has 3 aromatic rings. The zero-order valence-electron chi connectivity index (χ0n) is 23.2. The van der Waals surface area contributed by atoms with Crippen LogP contribution in [0.4, 0.5) is 8.78 Å². The molecule has 222 valence electrons. The van der Waals surface area contributed by atoms with Gasteiger partial charge in [0.15, 0.2) is 23.2 Å². The normalized spacial score (nSPS) is 18.4. The Morgan fingerprint density at radius 2 is 1.61 bits per heavy atom. The smallest absolute Gasteiger partial charge is 0.331 e. The second-order valence-corrected chi connectivity index (χ2v) is 8.43. The number of amides is 1. The number of methoxy groups -OCH3 is 1. The summed E-state index contributed by atoms with van der Waals surface area (Å²) in [7, 11) is 1.34. The minimum absolute atomic E-state index is 0.0721. The number of esters is 1. The third-order valence-corrected chi connectivity index (χ3v) is 5.36. The summed E-state index contributed by atoms with van der Waals surface area (Å²) in [4.78, 5) is 28.9. The van der Waals surface area contributed by atoms with Crippen LogP contribution in [0.5, 0.6) is 23.0 Å². The number of rotatable bonds is 5. The van der Waals surface area contributed by atoms with Crippen LogP contribution in [0.25, 0.3) is 0 Å². The summed E-state index contributed by atoms with van der Waals surface area (Å²) in [6.07, 6.45) is 0.654. The van der Waals surface area contributed by atoms with Gasteiger partial charge in [-0.25, -0.2) is 18.6 Å². The van der Waals surface area contributed by atoms with Crippen molar-refractivity contribution in [1.82, 2.24) is 10.3 Å². The number of phenolic OH excluding ortho intramolecular Hbond substituents is 1. The van der Waals surface area contributed by atoms with E-state index in [1.54, 1.807) is 6.92 Å². The van der Waals surface area contributed by atoms with Crippen molar-refractivity contribution >= 4 is 11.9 Å². The van der Waals surface area contributed by atoms with E-state index in [4.69, 9.17) is 24.1 Å². The number of carbonyl (C=O) groups is 2. The fourth-order valence-electron chi connectivity index (χ4n) is 3.48. The molecule has 3 atom stereocenters. The van der Waals surface area contributed by atoms with Crippen molar-refractivity contribution in [3.05, 3.63) is 78.1 Å². The number of cyclic esters (lactones) is 1. The van der Waals surface area contributed by atoms with Crippen LogP contribution in [0.1, 0.15) is 37.7 Å². The Bertz CT molecular complexity index is 1220. The van der Waals surface area contributed by atoms with E-state index in [1.807, 2.05) is 13.8 Å². The lowest BCUT2D eigenvalue weighted by atomic mass is 10.2. The summed E-state index contributed by atoms with van der Waals surface area (Å²) in [6, 6.07) is 10.8. The molecule has 3 N–H and O–H groups in total. The number of nitrogens with one attached hydrogen (secondary N) is 1. The zero-order valence-corrected chi connectivity index (χ0v) is 23.2. The second kappa shape index (κ2) is 16.6. The molecular weight excluding hydrogens is 542 g/mol. The standard InChI is InChI=1S/C21H23FN2O7.C6H5FO.C2H6/c1-12-9-15(31-14-5-3-13(22)4-6-14)10-29-11-16(21(27)30-12)24-20(26)18-19(25)17(28-2)7-8-23-18;7-5-1-3-6(8)4-2-5;1-2/h3-8,12,15-16,25H,9-11H2,1-2H3,(H,24,26);1-4,8H;1-2H3/t12?,15?,16-;;/m0../s1. The summed E-state index contributed by atoms with van der Waals surface area (Å²) in [5.74, 6) is -2.01. The second-order valence-electron chi connectivity index (χ2n) is 8.43. The number of hydrogen-bond donors (Lipinski definition) is 3. The minimum atomic E-state index is -1.12. The van der Waals surface area contributed by atoms with Crippen molar-refractivity contribution in [2.45, 2.75) is 45.4 Å². The summed E-state index contributed by atoms with van der Waals surface area (Å²) in [5.41, 5.74) is -0.294. The van der Waals surface area contributed by atoms with Gasteiger partial charge < -0.3 is 34.5 Å². The van der Waals surface area contributed by atoms with Crippen molar-refractivity contribution in [2.75, 3.05) is 20.3 Å². The molecule has 1 aliphatic heterocycles. The molecule has 0 radical (unpaired) electrons. The molecule has 41 heavy (non-hydrogen) atoms. The fourth-order valence-corrected chi connectivity index (χ4v) is 3.48. The van der Waals surface area contributed by atoms with E-state index in [9.17, 15) is 23.5 Å². The van der Waals surface area contributed by atoms with E-state index in [0.717, 1.165) is 0 Å². The van der Waals surface area contributed by atoms with Gasteiger partial charge >= 0.3 is 5.97 Å². The number of aromatic hydroxyl groups is 2. The Morgan fingerprint density at radius 3 is 2.20 bits per heavy atom. The number of phenols is 1. The van der Waals surface area contributed by atoms with Gasteiger partial charge in [-0.15, -0.1) is 0 Å². The number of halogens is 2. The molecule has 1 aromatic heterocycles. The number of benzene rings is 2. The highest BCUT2D eigenvalue weighted by Crippen LogP contribution is 2.27. The molecule has 0 aliphatic carbocycles. The third kappa shape index (κ3) is 10.6. The third-order valence-electron chi connectivity index (χ3n) is 5.36. The van der Waals surface area contributed by atoms with Crippen LogP contribution in [0, 0.1) is 11.6 Å².